The summed E-state index contributed by atoms with van der Waals surface area (Å²) in [5.41, 5.74) is 1.28. The zero-order valence-electron chi connectivity index (χ0n) is 9.58. The van der Waals surface area contributed by atoms with Gasteiger partial charge in [0.1, 0.15) is 0 Å². The van der Waals surface area contributed by atoms with E-state index in [1.54, 1.807) is 0 Å². The highest BCUT2D eigenvalue weighted by atomic mass is 35.5. The lowest BCUT2D eigenvalue weighted by atomic mass is 10.1. The molecule has 88 valence electrons. The number of hydrogen-bond donors (Lipinski definition) is 1. The van der Waals surface area contributed by atoms with Crippen molar-refractivity contribution in [2.75, 3.05) is 18.1 Å². The van der Waals surface area contributed by atoms with Gasteiger partial charge in [-0.15, -0.1) is 6.58 Å². The van der Waals surface area contributed by atoms with Crippen molar-refractivity contribution in [3.05, 3.63) is 47.5 Å². The van der Waals surface area contributed by atoms with E-state index in [-0.39, 0.29) is 0 Å². The van der Waals surface area contributed by atoms with Crippen molar-refractivity contribution in [1.82, 2.24) is 5.32 Å². The molecule has 0 aliphatic heterocycles. The summed E-state index contributed by atoms with van der Waals surface area (Å²) in [6.07, 6.45) is 1.94. The van der Waals surface area contributed by atoms with E-state index in [4.69, 9.17) is 11.6 Å². The molecule has 0 radical (unpaired) electrons. The minimum Gasteiger partial charge on any atom is -0.309 e. The fourth-order valence-corrected chi connectivity index (χ4v) is 2.11. The minimum atomic E-state index is 0.376. The fraction of sp³-hybridized carbons (Fsp3) is 0.385. The molecule has 0 heterocycles. The van der Waals surface area contributed by atoms with Gasteiger partial charge < -0.3 is 5.32 Å². The summed E-state index contributed by atoms with van der Waals surface area (Å²) in [6, 6.07) is 8.37. The van der Waals surface area contributed by atoms with Crippen LogP contribution < -0.4 is 5.32 Å². The van der Waals surface area contributed by atoms with Gasteiger partial charge >= 0.3 is 0 Å². The van der Waals surface area contributed by atoms with Gasteiger partial charge in [-0.2, -0.15) is 11.8 Å². The molecule has 0 amide bonds. The fourth-order valence-electron chi connectivity index (χ4n) is 1.38. The molecule has 0 saturated carbocycles. The number of benzene rings is 1. The quantitative estimate of drug-likeness (QED) is 0.586. The van der Waals surface area contributed by atoms with Crippen molar-refractivity contribution in [2.24, 2.45) is 0 Å². The summed E-state index contributed by atoms with van der Waals surface area (Å²) < 4.78 is 0. The van der Waals surface area contributed by atoms with E-state index >= 15 is 0 Å². The van der Waals surface area contributed by atoms with E-state index < -0.39 is 0 Å². The smallest absolute Gasteiger partial charge is 0.0406 e. The second kappa shape index (κ2) is 7.77. The molecule has 0 fully saturated rings. The number of rotatable bonds is 7. The zero-order chi connectivity index (χ0) is 11.8. The maximum atomic E-state index is 5.84. The number of nitrogens with one attached hydrogen (secondary N) is 1. The van der Waals surface area contributed by atoms with E-state index in [1.165, 1.54) is 5.56 Å². The second-order valence-electron chi connectivity index (χ2n) is 3.59. The Bertz CT molecular complexity index is 310. The predicted molar refractivity (Wildman–Crippen MR) is 75.4 cm³/mol. The molecule has 1 aromatic carbocycles. The first kappa shape index (κ1) is 13.6. The third-order valence-electron chi connectivity index (χ3n) is 2.30. The van der Waals surface area contributed by atoms with Gasteiger partial charge in [-0.1, -0.05) is 29.8 Å². The van der Waals surface area contributed by atoms with Crippen molar-refractivity contribution in [2.45, 2.75) is 13.0 Å². The Morgan fingerprint density at radius 1 is 1.44 bits per heavy atom. The van der Waals surface area contributed by atoms with Gasteiger partial charge in [-0.25, -0.2) is 0 Å². The monoisotopic (exact) mass is 255 g/mol. The van der Waals surface area contributed by atoms with Gasteiger partial charge in [-0.05, 0) is 24.6 Å². The largest absolute Gasteiger partial charge is 0.309 e. The van der Waals surface area contributed by atoms with Crippen LogP contribution in [-0.4, -0.2) is 18.1 Å². The Morgan fingerprint density at radius 3 is 2.75 bits per heavy atom. The van der Waals surface area contributed by atoms with Crippen molar-refractivity contribution < 1.29 is 0 Å². The zero-order valence-corrected chi connectivity index (χ0v) is 11.2. The van der Waals surface area contributed by atoms with Crippen LogP contribution in [0.5, 0.6) is 0 Å². The van der Waals surface area contributed by atoms with Gasteiger partial charge in [-0.3, -0.25) is 0 Å². The van der Waals surface area contributed by atoms with Crippen molar-refractivity contribution in [3.8, 4) is 0 Å². The summed E-state index contributed by atoms with van der Waals surface area (Å²) >= 11 is 7.74. The molecule has 3 heteroatoms. The molecule has 1 rings (SSSR count). The average molecular weight is 256 g/mol. The Morgan fingerprint density at radius 2 is 2.12 bits per heavy atom. The van der Waals surface area contributed by atoms with Gasteiger partial charge in [0, 0.05) is 29.1 Å². The molecule has 0 saturated heterocycles. The highest BCUT2D eigenvalue weighted by molar-refractivity contribution is 7.99. The van der Waals surface area contributed by atoms with Crippen molar-refractivity contribution >= 4 is 23.4 Å². The first-order valence-corrected chi connectivity index (χ1v) is 6.95. The third-order valence-corrected chi connectivity index (χ3v) is 3.52. The Hall–Kier alpha value is -0.440. The number of halogens is 1. The Balaban J connectivity index is 2.26. The van der Waals surface area contributed by atoms with Crippen LogP contribution in [0.4, 0.5) is 0 Å². The molecular formula is C13H18ClNS. The maximum absolute atomic E-state index is 5.84. The van der Waals surface area contributed by atoms with E-state index in [1.807, 2.05) is 30.0 Å². The Kier molecular flexibility index (Phi) is 6.62. The molecule has 0 aliphatic carbocycles. The SMILES string of the molecule is C=CCSCCNC(C)c1ccc(Cl)cc1. The summed E-state index contributed by atoms with van der Waals surface area (Å²) in [5, 5.41) is 4.27. The van der Waals surface area contributed by atoms with Crippen LogP contribution in [0.15, 0.2) is 36.9 Å². The van der Waals surface area contributed by atoms with E-state index in [0.29, 0.717) is 6.04 Å². The van der Waals surface area contributed by atoms with Crippen LogP contribution >= 0.6 is 23.4 Å². The first-order chi connectivity index (χ1) is 7.74. The van der Waals surface area contributed by atoms with Crippen LogP contribution in [0.1, 0.15) is 18.5 Å². The van der Waals surface area contributed by atoms with Crippen LogP contribution in [-0.2, 0) is 0 Å². The summed E-state index contributed by atoms with van der Waals surface area (Å²) in [5.74, 6) is 2.14. The minimum absolute atomic E-state index is 0.376. The second-order valence-corrected chi connectivity index (χ2v) is 5.18. The van der Waals surface area contributed by atoms with Crippen LogP contribution in [0.25, 0.3) is 0 Å². The summed E-state index contributed by atoms with van der Waals surface area (Å²) in [7, 11) is 0. The van der Waals surface area contributed by atoms with E-state index in [9.17, 15) is 0 Å². The lowest BCUT2D eigenvalue weighted by Gasteiger charge is -2.13. The molecule has 1 unspecified atom stereocenters. The molecule has 1 aromatic rings. The molecule has 0 aromatic heterocycles. The summed E-state index contributed by atoms with van der Waals surface area (Å²) in [4.78, 5) is 0. The normalized spacial score (nSPS) is 12.4. The lowest BCUT2D eigenvalue weighted by molar-refractivity contribution is 0.601. The van der Waals surface area contributed by atoms with Gasteiger partial charge in [0.25, 0.3) is 0 Å². The highest BCUT2D eigenvalue weighted by Gasteiger charge is 2.03. The molecule has 16 heavy (non-hydrogen) atoms. The molecule has 1 atom stereocenters. The number of hydrogen-bond acceptors (Lipinski definition) is 2. The number of thioether (sulfide) groups is 1. The van der Waals surface area contributed by atoms with Crippen molar-refractivity contribution in [3.63, 3.8) is 0 Å². The van der Waals surface area contributed by atoms with Gasteiger partial charge in [0.05, 0.1) is 0 Å². The third kappa shape index (κ3) is 5.06. The predicted octanol–water partition coefficient (Wildman–Crippen LogP) is 3.91. The topological polar surface area (TPSA) is 12.0 Å². The lowest BCUT2D eigenvalue weighted by Crippen LogP contribution is -2.21. The van der Waals surface area contributed by atoms with Crippen molar-refractivity contribution in [1.29, 1.82) is 0 Å². The van der Waals surface area contributed by atoms with Crippen LogP contribution in [0.3, 0.4) is 0 Å². The highest BCUT2D eigenvalue weighted by Crippen LogP contribution is 2.15. The summed E-state index contributed by atoms with van der Waals surface area (Å²) in [6.45, 7) is 6.88. The Labute approximate surface area is 107 Å². The maximum Gasteiger partial charge on any atom is 0.0406 e. The molecule has 0 aliphatic rings. The molecule has 1 nitrogen and oxygen atoms in total. The van der Waals surface area contributed by atoms with Crippen LogP contribution in [0.2, 0.25) is 5.02 Å². The first-order valence-electron chi connectivity index (χ1n) is 5.41. The van der Waals surface area contributed by atoms with Crippen LogP contribution in [0, 0.1) is 0 Å². The molecular weight excluding hydrogens is 238 g/mol. The molecule has 0 spiro atoms. The van der Waals surface area contributed by atoms with Gasteiger partial charge in [0.2, 0.25) is 0 Å². The molecule has 1 N–H and O–H groups in total. The standard InChI is InChI=1S/C13H18ClNS/c1-3-9-16-10-8-15-11(2)12-4-6-13(14)7-5-12/h3-7,11,15H,1,8-10H2,2H3. The van der Waals surface area contributed by atoms with Gasteiger partial charge in [0.15, 0.2) is 0 Å². The van der Waals surface area contributed by atoms with E-state index in [0.717, 1.165) is 23.1 Å². The average Bonchev–Trinajstić information content (AvgIpc) is 2.29. The van der Waals surface area contributed by atoms with E-state index in [2.05, 4.69) is 31.0 Å². The molecule has 0 bridgehead atoms.